The molecule has 1 amide bonds. The quantitative estimate of drug-likeness (QED) is 0.861. The van der Waals surface area contributed by atoms with Crippen molar-refractivity contribution in [1.29, 1.82) is 0 Å². The third kappa shape index (κ3) is 2.56. The van der Waals surface area contributed by atoms with Crippen LogP contribution in [0.1, 0.15) is 10.4 Å². The molecule has 0 saturated carbocycles. The monoisotopic (exact) mass is 263 g/mol. The normalized spacial score (nSPS) is 9.69. The van der Waals surface area contributed by atoms with Gasteiger partial charge in [0, 0.05) is 0 Å². The first-order valence-electron chi connectivity index (χ1n) is 4.03. The average molecular weight is 264 g/mol. The lowest BCUT2D eigenvalue weighted by Crippen LogP contribution is -2.15. The van der Waals surface area contributed by atoms with E-state index in [-0.39, 0.29) is 21.3 Å². The smallest absolute Gasteiger partial charge is 0.411 e. The molecular weight excluding hydrogens is 257 g/mol. The molecule has 0 heterocycles. The first-order chi connectivity index (χ1) is 7.47. The fourth-order valence-corrected chi connectivity index (χ4v) is 1.48. The molecule has 86 valence electrons. The van der Waals surface area contributed by atoms with Crippen molar-refractivity contribution in [2.75, 3.05) is 12.4 Å². The van der Waals surface area contributed by atoms with Gasteiger partial charge in [-0.15, -0.1) is 0 Å². The van der Waals surface area contributed by atoms with E-state index in [1.807, 2.05) is 0 Å². The molecule has 2 N–H and O–H groups in total. The van der Waals surface area contributed by atoms with Crippen molar-refractivity contribution in [2.24, 2.45) is 0 Å². The van der Waals surface area contributed by atoms with Crippen LogP contribution in [0.15, 0.2) is 12.1 Å². The Hall–Kier alpha value is -1.46. The van der Waals surface area contributed by atoms with Gasteiger partial charge in [-0.25, -0.2) is 9.59 Å². The fourth-order valence-electron chi connectivity index (χ4n) is 1.04. The summed E-state index contributed by atoms with van der Waals surface area (Å²) in [6, 6.07) is 2.71. The van der Waals surface area contributed by atoms with Crippen molar-refractivity contribution < 1.29 is 19.4 Å². The Balaban J connectivity index is 3.28. The Labute approximate surface area is 101 Å². The standard InChI is InChI=1S/C9H7Cl2NO4/c1-16-9(15)12-7-5(11)3-2-4(10)6(7)8(13)14/h2-3H,1H3,(H,12,15)(H,13,14). The van der Waals surface area contributed by atoms with E-state index in [4.69, 9.17) is 28.3 Å². The van der Waals surface area contributed by atoms with Crippen molar-refractivity contribution in [3.05, 3.63) is 27.7 Å². The topological polar surface area (TPSA) is 75.6 Å². The van der Waals surface area contributed by atoms with Crippen molar-refractivity contribution in [3.63, 3.8) is 0 Å². The van der Waals surface area contributed by atoms with Gasteiger partial charge in [0.25, 0.3) is 0 Å². The SMILES string of the molecule is COC(=O)Nc1c(Cl)ccc(Cl)c1C(=O)O. The lowest BCUT2D eigenvalue weighted by molar-refractivity contribution is 0.0698. The molecule has 5 nitrogen and oxygen atoms in total. The molecule has 0 bridgehead atoms. The summed E-state index contributed by atoms with van der Waals surface area (Å²) in [5.74, 6) is -1.29. The van der Waals surface area contributed by atoms with Gasteiger partial charge in [-0.2, -0.15) is 0 Å². The molecule has 16 heavy (non-hydrogen) atoms. The number of methoxy groups -OCH3 is 1. The Kier molecular flexibility index (Phi) is 3.98. The molecule has 7 heteroatoms. The van der Waals surface area contributed by atoms with Gasteiger partial charge in [-0.3, -0.25) is 5.32 Å². The van der Waals surface area contributed by atoms with Gasteiger partial charge in [0.15, 0.2) is 0 Å². The van der Waals surface area contributed by atoms with Crippen molar-refractivity contribution >= 4 is 41.0 Å². The maximum absolute atomic E-state index is 11.0. The van der Waals surface area contributed by atoms with Crippen LogP contribution in [-0.4, -0.2) is 24.3 Å². The minimum absolute atomic E-state index is 0.0247. The highest BCUT2D eigenvalue weighted by Crippen LogP contribution is 2.31. The van der Waals surface area contributed by atoms with Gasteiger partial charge in [-0.1, -0.05) is 23.2 Å². The Morgan fingerprint density at radius 1 is 1.31 bits per heavy atom. The third-order valence-corrected chi connectivity index (χ3v) is 2.36. The van der Waals surface area contributed by atoms with E-state index in [0.717, 1.165) is 7.11 Å². The van der Waals surface area contributed by atoms with Crippen LogP contribution >= 0.6 is 23.2 Å². The highest BCUT2D eigenvalue weighted by atomic mass is 35.5. The molecule has 0 fully saturated rings. The van der Waals surface area contributed by atoms with Gasteiger partial charge in [-0.05, 0) is 12.1 Å². The van der Waals surface area contributed by atoms with Crippen LogP contribution in [0.4, 0.5) is 10.5 Å². The highest BCUT2D eigenvalue weighted by molar-refractivity contribution is 6.38. The van der Waals surface area contributed by atoms with Crippen molar-refractivity contribution in [2.45, 2.75) is 0 Å². The second-order valence-electron chi connectivity index (χ2n) is 2.70. The maximum atomic E-state index is 11.0. The molecule has 0 radical (unpaired) electrons. The van der Waals surface area contributed by atoms with E-state index >= 15 is 0 Å². The summed E-state index contributed by atoms with van der Waals surface area (Å²) in [6.07, 6.45) is -0.827. The summed E-state index contributed by atoms with van der Waals surface area (Å²) < 4.78 is 4.34. The number of nitrogens with one attached hydrogen (secondary N) is 1. The van der Waals surface area contributed by atoms with E-state index in [1.165, 1.54) is 12.1 Å². The maximum Gasteiger partial charge on any atom is 0.411 e. The Bertz CT molecular complexity index is 447. The Morgan fingerprint density at radius 3 is 2.38 bits per heavy atom. The number of hydrogen-bond acceptors (Lipinski definition) is 3. The number of ether oxygens (including phenoxy) is 1. The summed E-state index contributed by atoms with van der Waals surface area (Å²) in [5, 5.41) is 11.2. The molecule has 0 aromatic heterocycles. The largest absolute Gasteiger partial charge is 0.478 e. The fraction of sp³-hybridized carbons (Fsp3) is 0.111. The van der Waals surface area contributed by atoms with Crippen LogP contribution in [0, 0.1) is 0 Å². The first-order valence-corrected chi connectivity index (χ1v) is 4.79. The Morgan fingerprint density at radius 2 is 1.88 bits per heavy atom. The van der Waals surface area contributed by atoms with Gasteiger partial charge in [0.1, 0.15) is 5.56 Å². The number of benzene rings is 1. The number of anilines is 1. The summed E-state index contributed by atoms with van der Waals surface area (Å²) in [6.45, 7) is 0. The minimum Gasteiger partial charge on any atom is -0.478 e. The summed E-state index contributed by atoms with van der Waals surface area (Å²) >= 11 is 11.4. The second-order valence-corrected chi connectivity index (χ2v) is 3.52. The highest BCUT2D eigenvalue weighted by Gasteiger charge is 2.19. The molecule has 0 saturated heterocycles. The molecule has 1 aromatic carbocycles. The van der Waals surface area contributed by atoms with Crippen LogP contribution in [0.25, 0.3) is 0 Å². The predicted octanol–water partition coefficient (Wildman–Crippen LogP) is 2.87. The summed E-state index contributed by atoms with van der Waals surface area (Å²) in [7, 11) is 1.15. The first kappa shape index (κ1) is 12.6. The van der Waals surface area contributed by atoms with E-state index in [0.29, 0.717) is 0 Å². The number of halogens is 2. The van der Waals surface area contributed by atoms with E-state index < -0.39 is 12.1 Å². The van der Waals surface area contributed by atoms with Crippen LogP contribution in [0.2, 0.25) is 10.0 Å². The average Bonchev–Trinajstić information content (AvgIpc) is 2.22. The number of carbonyl (C=O) groups excluding carboxylic acids is 1. The van der Waals surface area contributed by atoms with E-state index in [1.54, 1.807) is 0 Å². The molecular formula is C9H7Cl2NO4. The minimum atomic E-state index is -1.29. The van der Waals surface area contributed by atoms with Gasteiger partial charge in [0.05, 0.1) is 22.8 Å². The van der Waals surface area contributed by atoms with Crippen LogP contribution in [-0.2, 0) is 4.74 Å². The molecule has 0 aliphatic carbocycles. The van der Waals surface area contributed by atoms with Crippen molar-refractivity contribution in [3.8, 4) is 0 Å². The zero-order chi connectivity index (χ0) is 12.3. The summed E-state index contributed by atoms with van der Waals surface area (Å²) in [4.78, 5) is 21.9. The van der Waals surface area contributed by atoms with E-state index in [2.05, 4.69) is 10.1 Å². The van der Waals surface area contributed by atoms with Gasteiger partial charge >= 0.3 is 12.1 Å². The zero-order valence-electron chi connectivity index (χ0n) is 8.08. The number of rotatable bonds is 2. The lowest BCUT2D eigenvalue weighted by Gasteiger charge is -2.10. The summed E-state index contributed by atoms with van der Waals surface area (Å²) in [5.41, 5.74) is -0.368. The third-order valence-electron chi connectivity index (χ3n) is 1.73. The van der Waals surface area contributed by atoms with Crippen molar-refractivity contribution in [1.82, 2.24) is 0 Å². The van der Waals surface area contributed by atoms with Crippen LogP contribution in [0.5, 0.6) is 0 Å². The number of carbonyl (C=O) groups is 2. The van der Waals surface area contributed by atoms with Crippen LogP contribution < -0.4 is 5.32 Å². The van der Waals surface area contributed by atoms with Gasteiger partial charge < -0.3 is 9.84 Å². The molecule has 0 aliphatic rings. The molecule has 1 rings (SSSR count). The number of aromatic carboxylic acids is 1. The zero-order valence-corrected chi connectivity index (χ0v) is 9.59. The number of carboxylic acid groups (broad SMARTS) is 1. The number of hydrogen-bond donors (Lipinski definition) is 2. The lowest BCUT2D eigenvalue weighted by atomic mass is 10.2. The van der Waals surface area contributed by atoms with E-state index in [9.17, 15) is 9.59 Å². The molecule has 0 unspecified atom stereocenters. The molecule has 1 aromatic rings. The van der Waals surface area contributed by atoms with Crippen LogP contribution in [0.3, 0.4) is 0 Å². The molecule has 0 atom stereocenters. The number of carboxylic acids is 1. The van der Waals surface area contributed by atoms with Gasteiger partial charge in [0.2, 0.25) is 0 Å². The molecule has 0 aliphatic heterocycles. The number of amides is 1. The second kappa shape index (κ2) is 5.05. The predicted molar refractivity (Wildman–Crippen MR) is 59.4 cm³/mol. The molecule has 0 spiro atoms.